The first-order valence-corrected chi connectivity index (χ1v) is 9.23. The fraction of sp³-hybridized carbons (Fsp3) is 0.810. The minimum absolute atomic E-state index is 0.560. The first-order chi connectivity index (χ1) is 9.90. The van der Waals surface area contributed by atoms with Crippen LogP contribution in [0.15, 0.2) is 23.8 Å². The van der Waals surface area contributed by atoms with Crippen molar-refractivity contribution >= 4 is 0 Å². The minimum Gasteiger partial charge on any atom is -0.0882 e. The molecule has 0 saturated heterocycles. The van der Waals surface area contributed by atoms with Gasteiger partial charge >= 0.3 is 0 Å². The molecule has 2 aliphatic carbocycles. The van der Waals surface area contributed by atoms with Crippen LogP contribution < -0.4 is 0 Å². The van der Waals surface area contributed by atoms with Gasteiger partial charge in [0, 0.05) is 0 Å². The zero-order valence-electron chi connectivity index (χ0n) is 15.2. The van der Waals surface area contributed by atoms with E-state index in [2.05, 4.69) is 59.8 Å². The van der Waals surface area contributed by atoms with Crippen LogP contribution >= 0.6 is 0 Å². The van der Waals surface area contributed by atoms with Crippen LogP contribution in [-0.2, 0) is 0 Å². The summed E-state index contributed by atoms with van der Waals surface area (Å²) in [5.41, 5.74) is 2.32. The Morgan fingerprint density at radius 1 is 1.10 bits per heavy atom. The van der Waals surface area contributed by atoms with Crippen LogP contribution in [0.5, 0.6) is 0 Å². The van der Waals surface area contributed by atoms with Gasteiger partial charge in [-0.3, -0.25) is 0 Å². The summed E-state index contributed by atoms with van der Waals surface area (Å²) in [5.74, 6) is 3.95. The molecule has 0 aliphatic heterocycles. The van der Waals surface area contributed by atoms with Gasteiger partial charge < -0.3 is 0 Å². The van der Waals surface area contributed by atoms with Gasteiger partial charge in [-0.25, -0.2) is 0 Å². The number of fused-ring (bicyclic) bond motifs is 1. The molecule has 0 amide bonds. The first-order valence-electron chi connectivity index (χ1n) is 9.23. The van der Waals surface area contributed by atoms with E-state index in [-0.39, 0.29) is 0 Å². The van der Waals surface area contributed by atoms with Gasteiger partial charge in [-0.1, -0.05) is 58.4 Å². The minimum atomic E-state index is 0.560. The van der Waals surface area contributed by atoms with E-state index in [9.17, 15) is 0 Å². The smallest absolute Gasteiger partial charge is 0.0146 e. The van der Waals surface area contributed by atoms with E-state index in [1.165, 1.54) is 32.1 Å². The zero-order valence-corrected chi connectivity index (χ0v) is 15.2. The van der Waals surface area contributed by atoms with E-state index in [0.717, 1.165) is 23.7 Å². The summed E-state index contributed by atoms with van der Waals surface area (Å²) in [5, 5.41) is 0. The standard InChI is InChI=1S/C21H36/c1-7-18-9-8-14-21(6)19(12-13-20(18)21)17(5)11-10-16(4)15(2)3/h7,10-11,15-17,19-20H,8-9,12-14H2,1-6H3/b11-10+,18-7+/t16-,17+,19?,20?,21?/m0/s1. The van der Waals surface area contributed by atoms with Crippen LogP contribution in [0.3, 0.4) is 0 Å². The summed E-state index contributed by atoms with van der Waals surface area (Å²) >= 11 is 0. The van der Waals surface area contributed by atoms with Gasteiger partial charge in [-0.05, 0) is 74.0 Å². The fourth-order valence-electron chi connectivity index (χ4n) is 5.00. The maximum atomic E-state index is 2.59. The van der Waals surface area contributed by atoms with Gasteiger partial charge in [-0.15, -0.1) is 0 Å². The third kappa shape index (κ3) is 3.30. The second-order valence-electron chi connectivity index (χ2n) is 8.31. The molecular formula is C21H36. The average molecular weight is 289 g/mol. The summed E-state index contributed by atoms with van der Waals surface area (Å²) in [6.45, 7) is 14.3. The molecule has 0 aromatic rings. The van der Waals surface area contributed by atoms with Gasteiger partial charge in [0.25, 0.3) is 0 Å². The summed E-state index contributed by atoms with van der Waals surface area (Å²) < 4.78 is 0. The van der Waals surface area contributed by atoms with Gasteiger partial charge in [0.15, 0.2) is 0 Å². The SMILES string of the molecule is C/C=C1\CCCC2(C)C1CCC2[C@H](C)/C=C/[C@H](C)C(C)C. The van der Waals surface area contributed by atoms with E-state index < -0.39 is 0 Å². The Bertz CT molecular complexity index is 400. The maximum Gasteiger partial charge on any atom is -0.0146 e. The third-order valence-electron chi connectivity index (χ3n) is 6.81. The number of hydrogen-bond acceptors (Lipinski definition) is 0. The quantitative estimate of drug-likeness (QED) is 0.509. The summed E-state index contributed by atoms with van der Waals surface area (Å²) in [6, 6.07) is 0. The molecule has 0 bridgehead atoms. The highest BCUT2D eigenvalue weighted by molar-refractivity contribution is 5.18. The van der Waals surface area contributed by atoms with Crippen LogP contribution in [0.25, 0.3) is 0 Å². The molecule has 120 valence electrons. The predicted molar refractivity (Wildman–Crippen MR) is 94.2 cm³/mol. The lowest BCUT2D eigenvalue weighted by Gasteiger charge is -2.44. The van der Waals surface area contributed by atoms with E-state index >= 15 is 0 Å². The van der Waals surface area contributed by atoms with Crippen molar-refractivity contribution in [2.24, 2.45) is 35.0 Å². The average Bonchev–Trinajstić information content (AvgIpc) is 2.81. The molecule has 0 heterocycles. The Morgan fingerprint density at radius 2 is 1.81 bits per heavy atom. The topological polar surface area (TPSA) is 0 Å². The monoisotopic (exact) mass is 288 g/mol. The normalized spacial score (nSPS) is 38.1. The molecule has 0 aromatic carbocycles. The molecule has 0 heteroatoms. The van der Waals surface area contributed by atoms with Crippen molar-refractivity contribution in [2.45, 2.75) is 73.6 Å². The predicted octanol–water partition coefficient (Wildman–Crippen LogP) is 6.63. The largest absolute Gasteiger partial charge is 0.0882 e. The molecule has 2 saturated carbocycles. The number of rotatable bonds is 4. The van der Waals surface area contributed by atoms with Gasteiger partial charge in [0.1, 0.15) is 0 Å². The Kier molecular flexibility index (Phi) is 5.38. The molecular weight excluding hydrogens is 252 g/mol. The van der Waals surface area contributed by atoms with Gasteiger partial charge in [-0.2, -0.15) is 0 Å². The molecule has 21 heavy (non-hydrogen) atoms. The molecule has 2 rings (SSSR count). The zero-order chi connectivity index (χ0) is 15.6. The van der Waals surface area contributed by atoms with E-state index in [4.69, 9.17) is 0 Å². The molecule has 5 atom stereocenters. The highest BCUT2D eigenvalue weighted by atomic mass is 14.5. The first kappa shape index (κ1) is 16.8. The van der Waals surface area contributed by atoms with Crippen molar-refractivity contribution < 1.29 is 0 Å². The van der Waals surface area contributed by atoms with Crippen molar-refractivity contribution in [3.63, 3.8) is 0 Å². The van der Waals surface area contributed by atoms with Gasteiger partial charge in [0.2, 0.25) is 0 Å². The number of allylic oxidation sites excluding steroid dienone is 4. The van der Waals surface area contributed by atoms with Crippen LogP contribution in [0.1, 0.15) is 73.6 Å². The van der Waals surface area contributed by atoms with Crippen molar-refractivity contribution in [1.29, 1.82) is 0 Å². The van der Waals surface area contributed by atoms with Crippen molar-refractivity contribution in [1.82, 2.24) is 0 Å². The fourth-order valence-corrected chi connectivity index (χ4v) is 5.00. The van der Waals surface area contributed by atoms with Crippen LogP contribution in [0.4, 0.5) is 0 Å². The highest BCUT2D eigenvalue weighted by Gasteiger charge is 2.50. The Morgan fingerprint density at radius 3 is 2.43 bits per heavy atom. The van der Waals surface area contributed by atoms with Crippen LogP contribution in [-0.4, -0.2) is 0 Å². The summed E-state index contributed by atoms with van der Waals surface area (Å²) in [7, 11) is 0. The van der Waals surface area contributed by atoms with Gasteiger partial charge in [0.05, 0.1) is 0 Å². The Hall–Kier alpha value is -0.520. The molecule has 2 aliphatic rings. The maximum absolute atomic E-state index is 2.59. The third-order valence-corrected chi connectivity index (χ3v) is 6.81. The summed E-state index contributed by atoms with van der Waals surface area (Å²) in [4.78, 5) is 0. The number of hydrogen-bond donors (Lipinski definition) is 0. The second-order valence-corrected chi connectivity index (χ2v) is 8.31. The lowest BCUT2D eigenvalue weighted by molar-refractivity contribution is 0.112. The molecule has 2 fully saturated rings. The van der Waals surface area contributed by atoms with E-state index in [0.29, 0.717) is 11.3 Å². The Balaban J connectivity index is 2.10. The van der Waals surface area contributed by atoms with E-state index in [1.807, 2.05) is 0 Å². The Labute approximate surface area is 133 Å². The molecule has 0 aromatic heterocycles. The van der Waals surface area contributed by atoms with Crippen LogP contribution in [0.2, 0.25) is 0 Å². The lowest BCUT2D eigenvalue weighted by atomic mass is 9.61. The molecule has 0 radical (unpaired) electrons. The molecule has 3 unspecified atom stereocenters. The highest BCUT2D eigenvalue weighted by Crippen LogP contribution is 2.59. The van der Waals surface area contributed by atoms with Crippen molar-refractivity contribution in [3.8, 4) is 0 Å². The van der Waals surface area contributed by atoms with E-state index in [1.54, 1.807) is 5.57 Å². The van der Waals surface area contributed by atoms with Crippen molar-refractivity contribution in [2.75, 3.05) is 0 Å². The summed E-state index contributed by atoms with van der Waals surface area (Å²) in [6.07, 6.45) is 14.5. The molecule has 0 spiro atoms. The molecule has 0 nitrogen and oxygen atoms in total. The second kappa shape index (κ2) is 6.71. The molecule has 0 N–H and O–H groups in total. The van der Waals surface area contributed by atoms with Crippen molar-refractivity contribution in [3.05, 3.63) is 23.8 Å². The lowest BCUT2D eigenvalue weighted by Crippen LogP contribution is -2.35. The van der Waals surface area contributed by atoms with Crippen LogP contribution in [0, 0.1) is 35.0 Å².